The molecule has 3 rings (SSSR count). The van der Waals surface area contributed by atoms with Crippen LogP contribution >= 0.6 is 23.1 Å². The number of thioether (sulfide) groups is 1. The van der Waals surface area contributed by atoms with E-state index in [1.54, 1.807) is 24.3 Å². The number of nitrogens with one attached hydrogen (secondary N) is 2. The quantitative estimate of drug-likeness (QED) is 0.122. The Bertz CT molecular complexity index is 1270. The number of benzene rings is 2. The van der Waals surface area contributed by atoms with Gasteiger partial charge < -0.3 is 19.5 Å². The number of rotatable bonds is 11. The van der Waals surface area contributed by atoms with Gasteiger partial charge in [0.15, 0.2) is 15.8 Å². The first-order valence-electron chi connectivity index (χ1n) is 10.1. The Morgan fingerprint density at radius 1 is 1.08 bits per heavy atom. The molecule has 2 amide bonds. The first kappa shape index (κ1) is 26.4. The third-order valence-corrected chi connectivity index (χ3v) is 6.39. The van der Waals surface area contributed by atoms with Gasteiger partial charge in [-0.2, -0.15) is 0 Å². The Morgan fingerprint density at radius 2 is 1.81 bits per heavy atom. The van der Waals surface area contributed by atoms with Crippen LogP contribution in [0.25, 0.3) is 6.08 Å². The smallest absolute Gasteiger partial charge is 0.271 e. The highest BCUT2D eigenvalue weighted by Gasteiger charge is 2.13. The van der Waals surface area contributed by atoms with E-state index >= 15 is 0 Å². The topological polar surface area (TPSA) is 155 Å². The summed E-state index contributed by atoms with van der Waals surface area (Å²) < 4.78 is 16.3. The monoisotopic (exact) mass is 531 g/mol. The highest BCUT2D eigenvalue weighted by molar-refractivity contribution is 8.01. The molecular formula is C22H21N5O7S2. The van der Waals surface area contributed by atoms with E-state index in [4.69, 9.17) is 14.2 Å². The van der Waals surface area contributed by atoms with Gasteiger partial charge in [0, 0.05) is 23.9 Å². The van der Waals surface area contributed by atoms with Gasteiger partial charge in [0.05, 0.1) is 32.0 Å². The molecule has 1 aromatic heterocycles. The molecule has 2 aromatic carbocycles. The molecule has 0 radical (unpaired) electrons. The van der Waals surface area contributed by atoms with Gasteiger partial charge in [0.25, 0.3) is 5.69 Å². The normalized spacial score (nSPS) is 10.6. The molecule has 188 valence electrons. The van der Waals surface area contributed by atoms with Crippen molar-refractivity contribution < 1.29 is 28.7 Å². The van der Waals surface area contributed by atoms with Crippen LogP contribution in [0.3, 0.4) is 0 Å². The molecule has 0 saturated heterocycles. The number of anilines is 2. The van der Waals surface area contributed by atoms with Crippen LogP contribution in [0.5, 0.6) is 17.2 Å². The summed E-state index contributed by atoms with van der Waals surface area (Å²) in [6, 6.07) is 9.04. The molecule has 0 unspecified atom stereocenters. The lowest BCUT2D eigenvalue weighted by Gasteiger charge is -2.12. The molecule has 0 aliphatic heterocycles. The van der Waals surface area contributed by atoms with Crippen molar-refractivity contribution in [1.29, 1.82) is 0 Å². The highest BCUT2D eigenvalue weighted by atomic mass is 32.2. The lowest BCUT2D eigenvalue weighted by atomic mass is 10.1. The molecule has 0 fully saturated rings. The van der Waals surface area contributed by atoms with Gasteiger partial charge in [-0.15, -0.1) is 10.2 Å². The maximum absolute atomic E-state index is 12.3. The summed E-state index contributed by atoms with van der Waals surface area (Å²) in [7, 11) is 4.50. The van der Waals surface area contributed by atoms with E-state index in [2.05, 4.69) is 20.8 Å². The van der Waals surface area contributed by atoms with Crippen LogP contribution in [0.4, 0.5) is 16.5 Å². The fraction of sp³-hybridized carbons (Fsp3) is 0.182. The van der Waals surface area contributed by atoms with Crippen molar-refractivity contribution in [2.45, 2.75) is 4.34 Å². The maximum Gasteiger partial charge on any atom is 0.271 e. The summed E-state index contributed by atoms with van der Waals surface area (Å²) in [5.74, 6) is 0.565. The molecule has 0 aliphatic carbocycles. The number of nitrogens with zero attached hydrogens (tertiary/aromatic N) is 3. The molecule has 36 heavy (non-hydrogen) atoms. The molecule has 0 bridgehead atoms. The van der Waals surface area contributed by atoms with Gasteiger partial charge in [-0.05, 0) is 29.8 Å². The number of hydrogen-bond donors (Lipinski definition) is 2. The van der Waals surface area contributed by atoms with Crippen LogP contribution in [0.2, 0.25) is 0 Å². The number of methoxy groups -OCH3 is 3. The van der Waals surface area contributed by atoms with Crippen molar-refractivity contribution >= 4 is 57.5 Å². The molecule has 0 spiro atoms. The van der Waals surface area contributed by atoms with Crippen LogP contribution in [0, 0.1) is 10.1 Å². The number of nitro groups is 1. The molecule has 14 heteroatoms. The average molecular weight is 532 g/mol. The van der Waals surface area contributed by atoms with Gasteiger partial charge in [-0.25, -0.2) is 0 Å². The van der Waals surface area contributed by atoms with E-state index in [9.17, 15) is 19.7 Å². The SMILES string of the molecule is COc1cc(/C=C/C(=O)Nc2nnc(SCC(=O)Nc3cccc([N+](=O)[O-])c3)s2)cc(OC)c1OC. The minimum absolute atomic E-state index is 0.00626. The lowest BCUT2D eigenvalue weighted by Crippen LogP contribution is -2.14. The third kappa shape index (κ3) is 7.16. The highest BCUT2D eigenvalue weighted by Crippen LogP contribution is 2.38. The second-order valence-electron chi connectivity index (χ2n) is 6.80. The van der Waals surface area contributed by atoms with Crippen LogP contribution in [0.15, 0.2) is 46.8 Å². The molecule has 1 heterocycles. The molecule has 0 atom stereocenters. The summed E-state index contributed by atoms with van der Waals surface area (Å²) in [5, 5.41) is 24.1. The van der Waals surface area contributed by atoms with Gasteiger partial charge in [0.1, 0.15) is 0 Å². The number of ether oxygens (including phenoxy) is 3. The first-order valence-corrected chi connectivity index (χ1v) is 11.9. The molecular weight excluding hydrogens is 510 g/mol. The van der Waals surface area contributed by atoms with Gasteiger partial charge in [0.2, 0.25) is 22.7 Å². The number of hydrogen-bond acceptors (Lipinski definition) is 11. The Kier molecular flexibility index (Phi) is 9.19. The molecule has 2 N–H and O–H groups in total. The number of carbonyl (C=O) groups is 2. The van der Waals surface area contributed by atoms with E-state index < -0.39 is 10.8 Å². The van der Waals surface area contributed by atoms with Crippen molar-refractivity contribution in [3.63, 3.8) is 0 Å². The zero-order valence-corrected chi connectivity index (χ0v) is 21.0. The Labute approximate surface area is 213 Å². The summed E-state index contributed by atoms with van der Waals surface area (Å²) in [5.41, 5.74) is 0.853. The summed E-state index contributed by atoms with van der Waals surface area (Å²) in [6.45, 7) is 0. The largest absolute Gasteiger partial charge is 0.493 e. The standard InChI is InChI=1S/C22H21N5O7S2/c1-32-16-9-13(10-17(33-2)20(16)34-3)7-8-18(28)24-21-25-26-22(36-21)35-12-19(29)23-14-5-4-6-15(11-14)27(30)31/h4-11H,12H2,1-3H3,(H,23,29)(H,24,25,28)/b8-7+. The van der Waals surface area contributed by atoms with Crippen LogP contribution in [-0.4, -0.2) is 54.0 Å². The van der Waals surface area contributed by atoms with Crippen LogP contribution < -0.4 is 24.8 Å². The lowest BCUT2D eigenvalue weighted by molar-refractivity contribution is -0.384. The zero-order chi connectivity index (χ0) is 26.1. The second kappa shape index (κ2) is 12.5. The fourth-order valence-electron chi connectivity index (χ4n) is 2.86. The third-order valence-electron chi connectivity index (χ3n) is 4.42. The predicted molar refractivity (Wildman–Crippen MR) is 136 cm³/mol. The minimum Gasteiger partial charge on any atom is -0.493 e. The first-order chi connectivity index (χ1) is 17.3. The second-order valence-corrected chi connectivity index (χ2v) is 9.00. The van der Waals surface area contributed by atoms with Crippen LogP contribution in [0.1, 0.15) is 5.56 Å². The Balaban J connectivity index is 1.54. The van der Waals surface area contributed by atoms with Gasteiger partial charge in [-0.1, -0.05) is 29.2 Å². The fourth-order valence-corrected chi connectivity index (χ4v) is 4.41. The van der Waals surface area contributed by atoms with E-state index in [0.717, 1.165) is 23.1 Å². The Hall–Kier alpha value is -4.17. The number of non-ortho nitro benzene ring substituents is 1. The van der Waals surface area contributed by atoms with Crippen LogP contribution in [-0.2, 0) is 9.59 Å². The Morgan fingerprint density at radius 3 is 2.44 bits per heavy atom. The molecule has 0 aliphatic rings. The van der Waals surface area contributed by atoms with Crippen molar-refractivity contribution in [2.24, 2.45) is 0 Å². The molecule has 3 aromatic rings. The summed E-state index contributed by atoms with van der Waals surface area (Å²) in [6.07, 6.45) is 2.90. The van der Waals surface area contributed by atoms with Gasteiger partial charge in [-0.3, -0.25) is 25.0 Å². The average Bonchev–Trinajstić information content (AvgIpc) is 3.32. The summed E-state index contributed by atoms with van der Waals surface area (Å²) >= 11 is 2.22. The maximum atomic E-state index is 12.3. The minimum atomic E-state index is -0.540. The summed E-state index contributed by atoms with van der Waals surface area (Å²) in [4.78, 5) is 34.8. The number of carbonyl (C=O) groups excluding carboxylic acids is 2. The van der Waals surface area contributed by atoms with Crippen molar-refractivity contribution in [3.8, 4) is 17.2 Å². The van der Waals surface area contributed by atoms with E-state index in [1.165, 1.54) is 45.6 Å². The van der Waals surface area contributed by atoms with Gasteiger partial charge >= 0.3 is 0 Å². The molecule has 0 saturated carbocycles. The number of aromatic nitrogens is 2. The predicted octanol–water partition coefficient (Wildman–Crippen LogP) is 3.85. The molecule has 12 nitrogen and oxygen atoms in total. The zero-order valence-electron chi connectivity index (χ0n) is 19.3. The van der Waals surface area contributed by atoms with E-state index in [1.807, 2.05) is 0 Å². The number of nitro benzene ring substituents is 1. The van der Waals surface area contributed by atoms with E-state index in [-0.39, 0.29) is 22.5 Å². The van der Waals surface area contributed by atoms with Crippen molar-refractivity contribution in [1.82, 2.24) is 10.2 Å². The van der Waals surface area contributed by atoms with E-state index in [0.29, 0.717) is 32.8 Å². The number of amides is 2. The van der Waals surface area contributed by atoms with Crippen molar-refractivity contribution in [2.75, 3.05) is 37.7 Å². The van der Waals surface area contributed by atoms with Crippen molar-refractivity contribution in [3.05, 3.63) is 58.2 Å².